The first kappa shape index (κ1) is 10.0. The van der Waals surface area contributed by atoms with Gasteiger partial charge in [0.1, 0.15) is 0 Å². The minimum Gasteiger partial charge on any atom is -0.390 e. The van der Waals surface area contributed by atoms with Gasteiger partial charge in [0.15, 0.2) is 0 Å². The van der Waals surface area contributed by atoms with Gasteiger partial charge in [-0.2, -0.15) is 0 Å². The van der Waals surface area contributed by atoms with Crippen LogP contribution in [0.1, 0.15) is 52.9 Å². The van der Waals surface area contributed by atoms with Crippen molar-refractivity contribution in [2.45, 2.75) is 58.5 Å². The van der Waals surface area contributed by atoms with Gasteiger partial charge in [0.2, 0.25) is 0 Å². The zero-order chi connectivity index (χ0) is 9.19. The maximum Gasteiger partial charge on any atom is 0.0678 e. The normalized spacial score (nSPS) is 36.2. The van der Waals surface area contributed by atoms with Gasteiger partial charge in [0, 0.05) is 0 Å². The van der Waals surface area contributed by atoms with E-state index in [0.717, 1.165) is 19.3 Å². The minimum absolute atomic E-state index is 0.317. The van der Waals surface area contributed by atoms with E-state index in [9.17, 15) is 5.11 Å². The highest BCUT2D eigenvalue weighted by molar-refractivity contribution is 4.91. The van der Waals surface area contributed by atoms with Crippen molar-refractivity contribution < 1.29 is 5.11 Å². The lowest BCUT2D eigenvalue weighted by molar-refractivity contribution is -0.0171. The van der Waals surface area contributed by atoms with Crippen LogP contribution >= 0.6 is 0 Å². The summed E-state index contributed by atoms with van der Waals surface area (Å²) in [7, 11) is 0. The Kier molecular flexibility index (Phi) is 3.16. The Hall–Kier alpha value is -0.0400. The standard InChI is InChI=1S/C11H22O/c1-4-10-6-5-7-11(10,12)8-9(2)3/h9-10,12H,4-8H2,1-3H3. The molecule has 1 aliphatic rings. The molecule has 0 heterocycles. The first-order valence-electron chi connectivity index (χ1n) is 5.31. The summed E-state index contributed by atoms with van der Waals surface area (Å²) < 4.78 is 0. The first-order chi connectivity index (χ1) is 5.58. The fourth-order valence-corrected chi connectivity index (χ4v) is 2.69. The van der Waals surface area contributed by atoms with Crippen LogP contribution in [0.15, 0.2) is 0 Å². The van der Waals surface area contributed by atoms with Gasteiger partial charge in [-0.1, -0.05) is 33.6 Å². The summed E-state index contributed by atoms with van der Waals surface area (Å²) in [4.78, 5) is 0. The van der Waals surface area contributed by atoms with Crippen molar-refractivity contribution in [2.24, 2.45) is 11.8 Å². The largest absolute Gasteiger partial charge is 0.390 e. The summed E-state index contributed by atoms with van der Waals surface area (Å²) in [6.45, 7) is 6.59. The molecular formula is C11H22O. The Morgan fingerprint density at radius 1 is 1.50 bits per heavy atom. The summed E-state index contributed by atoms with van der Waals surface area (Å²) in [6, 6.07) is 0. The summed E-state index contributed by atoms with van der Waals surface area (Å²) in [6.07, 6.45) is 5.62. The monoisotopic (exact) mass is 170 g/mol. The molecule has 0 spiro atoms. The predicted molar refractivity (Wildman–Crippen MR) is 52.0 cm³/mol. The number of aliphatic hydroxyl groups is 1. The van der Waals surface area contributed by atoms with Crippen LogP contribution in [0.5, 0.6) is 0 Å². The number of hydrogen-bond acceptors (Lipinski definition) is 1. The molecule has 1 aliphatic carbocycles. The van der Waals surface area contributed by atoms with Crippen molar-refractivity contribution in [1.29, 1.82) is 0 Å². The third-order valence-corrected chi connectivity index (χ3v) is 3.18. The van der Waals surface area contributed by atoms with E-state index in [0.29, 0.717) is 11.8 Å². The Labute approximate surface area is 76.2 Å². The molecule has 72 valence electrons. The SMILES string of the molecule is CCC1CCCC1(O)CC(C)C. The number of hydrogen-bond donors (Lipinski definition) is 1. The molecule has 12 heavy (non-hydrogen) atoms. The predicted octanol–water partition coefficient (Wildman–Crippen LogP) is 2.97. The fourth-order valence-electron chi connectivity index (χ4n) is 2.69. The second kappa shape index (κ2) is 3.78. The molecule has 0 aromatic carbocycles. The lowest BCUT2D eigenvalue weighted by Gasteiger charge is -2.31. The molecule has 1 N–H and O–H groups in total. The van der Waals surface area contributed by atoms with E-state index in [-0.39, 0.29) is 5.60 Å². The van der Waals surface area contributed by atoms with Crippen LogP contribution in [-0.4, -0.2) is 10.7 Å². The van der Waals surface area contributed by atoms with Crippen molar-refractivity contribution in [1.82, 2.24) is 0 Å². The van der Waals surface area contributed by atoms with Crippen LogP contribution in [0, 0.1) is 11.8 Å². The molecule has 1 fully saturated rings. The zero-order valence-corrected chi connectivity index (χ0v) is 8.64. The van der Waals surface area contributed by atoms with Gasteiger partial charge in [0.25, 0.3) is 0 Å². The van der Waals surface area contributed by atoms with Gasteiger partial charge in [-0.15, -0.1) is 0 Å². The smallest absolute Gasteiger partial charge is 0.0678 e. The van der Waals surface area contributed by atoms with Gasteiger partial charge in [0.05, 0.1) is 5.60 Å². The molecule has 1 rings (SSSR count). The molecule has 0 aliphatic heterocycles. The van der Waals surface area contributed by atoms with Crippen LogP contribution in [0.4, 0.5) is 0 Å². The molecule has 2 unspecified atom stereocenters. The maximum absolute atomic E-state index is 10.3. The molecule has 0 aromatic heterocycles. The van der Waals surface area contributed by atoms with Crippen LogP contribution in [0.3, 0.4) is 0 Å². The average Bonchev–Trinajstić information content (AvgIpc) is 2.28. The topological polar surface area (TPSA) is 20.2 Å². The van der Waals surface area contributed by atoms with Gasteiger partial charge in [-0.05, 0) is 31.1 Å². The highest BCUT2D eigenvalue weighted by Gasteiger charge is 2.39. The lowest BCUT2D eigenvalue weighted by atomic mass is 9.82. The fraction of sp³-hybridized carbons (Fsp3) is 1.00. The molecular weight excluding hydrogens is 148 g/mol. The minimum atomic E-state index is -0.317. The second-order valence-electron chi connectivity index (χ2n) is 4.70. The Morgan fingerprint density at radius 2 is 2.17 bits per heavy atom. The van der Waals surface area contributed by atoms with E-state index in [2.05, 4.69) is 20.8 Å². The quantitative estimate of drug-likeness (QED) is 0.690. The highest BCUT2D eigenvalue weighted by atomic mass is 16.3. The second-order valence-corrected chi connectivity index (χ2v) is 4.70. The third kappa shape index (κ3) is 2.01. The molecule has 0 aromatic rings. The van der Waals surface area contributed by atoms with Crippen LogP contribution in [0.25, 0.3) is 0 Å². The highest BCUT2D eigenvalue weighted by Crippen LogP contribution is 2.41. The molecule has 2 atom stereocenters. The van der Waals surface area contributed by atoms with Crippen LogP contribution < -0.4 is 0 Å². The molecule has 0 radical (unpaired) electrons. The van der Waals surface area contributed by atoms with Gasteiger partial charge >= 0.3 is 0 Å². The summed E-state index contributed by atoms with van der Waals surface area (Å²) in [5.41, 5.74) is -0.317. The van der Waals surface area contributed by atoms with Gasteiger partial charge in [-0.3, -0.25) is 0 Å². The first-order valence-corrected chi connectivity index (χ1v) is 5.31. The van der Waals surface area contributed by atoms with Crippen molar-refractivity contribution >= 4 is 0 Å². The average molecular weight is 170 g/mol. The third-order valence-electron chi connectivity index (χ3n) is 3.18. The van der Waals surface area contributed by atoms with E-state index < -0.39 is 0 Å². The summed E-state index contributed by atoms with van der Waals surface area (Å²) in [5.74, 6) is 1.20. The molecule has 0 saturated heterocycles. The van der Waals surface area contributed by atoms with Crippen LogP contribution in [0.2, 0.25) is 0 Å². The van der Waals surface area contributed by atoms with E-state index in [1.165, 1.54) is 12.8 Å². The van der Waals surface area contributed by atoms with Crippen molar-refractivity contribution in [3.05, 3.63) is 0 Å². The Morgan fingerprint density at radius 3 is 2.67 bits per heavy atom. The van der Waals surface area contributed by atoms with Crippen LogP contribution in [-0.2, 0) is 0 Å². The molecule has 1 nitrogen and oxygen atoms in total. The van der Waals surface area contributed by atoms with E-state index >= 15 is 0 Å². The zero-order valence-electron chi connectivity index (χ0n) is 8.64. The summed E-state index contributed by atoms with van der Waals surface area (Å²) >= 11 is 0. The van der Waals surface area contributed by atoms with E-state index in [1.54, 1.807) is 0 Å². The van der Waals surface area contributed by atoms with Gasteiger partial charge < -0.3 is 5.11 Å². The van der Waals surface area contributed by atoms with E-state index in [4.69, 9.17) is 0 Å². The summed E-state index contributed by atoms with van der Waals surface area (Å²) in [5, 5.41) is 10.3. The molecule has 1 saturated carbocycles. The van der Waals surface area contributed by atoms with Gasteiger partial charge in [-0.25, -0.2) is 0 Å². The molecule has 0 amide bonds. The lowest BCUT2D eigenvalue weighted by Crippen LogP contribution is -2.34. The van der Waals surface area contributed by atoms with Crippen molar-refractivity contribution in [2.75, 3.05) is 0 Å². The Balaban J connectivity index is 2.55. The number of rotatable bonds is 3. The van der Waals surface area contributed by atoms with Crippen molar-refractivity contribution in [3.63, 3.8) is 0 Å². The Bertz CT molecular complexity index is 142. The van der Waals surface area contributed by atoms with Crippen molar-refractivity contribution in [3.8, 4) is 0 Å². The molecule has 0 bridgehead atoms. The maximum atomic E-state index is 10.3. The van der Waals surface area contributed by atoms with E-state index in [1.807, 2.05) is 0 Å². The molecule has 1 heteroatoms.